The molecule has 2 aromatic rings. The van der Waals surface area contributed by atoms with Crippen LogP contribution in [0.3, 0.4) is 0 Å². The summed E-state index contributed by atoms with van der Waals surface area (Å²) in [6.45, 7) is 8.41. The van der Waals surface area contributed by atoms with E-state index < -0.39 is 0 Å². The molecule has 1 heterocycles. The number of hydrogen-bond donors (Lipinski definition) is 2. The van der Waals surface area contributed by atoms with Crippen LogP contribution in [0.15, 0.2) is 42.5 Å². The summed E-state index contributed by atoms with van der Waals surface area (Å²) in [4.78, 5) is 2.41. The maximum Gasteiger partial charge on any atom is 0.171 e. The Balaban J connectivity index is 1.70. The maximum atomic E-state index is 6.22. The molecule has 144 valence electrons. The lowest BCUT2D eigenvalue weighted by molar-refractivity contribution is 0.0344. The molecule has 1 atom stereocenters. The van der Waals surface area contributed by atoms with Crippen molar-refractivity contribution in [2.24, 2.45) is 0 Å². The second-order valence-corrected chi connectivity index (χ2v) is 7.75. The molecular formula is C21H26ClN3OS. The zero-order chi connectivity index (χ0) is 19.2. The summed E-state index contributed by atoms with van der Waals surface area (Å²) in [6, 6.07) is 14.6. The van der Waals surface area contributed by atoms with Crippen molar-refractivity contribution in [3.05, 3.63) is 64.2 Å². The zero-order valence-electron chi connectivity index (χ0n) is 15.8. The van der Waals surface area contributed by atoms with Crippen LogP contribution in [0.5, 0.6) is 0 Å². The summed E-state index contributed by atoms with van der Waals surface area (Å²) >= 11 is 11.8. The van der Waals surface area contributed by atoms with E-state index in [1.165, 1.54) is 11.1 Å². The molecule has 1 aliphatic rings. The quantitative estimate of drug-likeness (QED) is 0.727. The van der Waals surface area contributed by atoms with Gasteiger partial charge in [0.1, 0.15) is 0 Å². The zero-order valence-corrected chi connectivity index (χ0v) is 17.4. The van der Waals surface area contributed by atoms with Gasteiger partial charge in [0.25, 0.3) is 0 Å². The largest absolute Gasteiger partial charge is 0.379 e. The third kappa shape index (κ3) is 5.91. The standard InChI is InChI=1S/C21H26ClN3OS/c1-15-3-6-17(7-4-15)20(14-25-9-11-26-12-10-25)24-21(27)23-18-8-5-16(2)19(22)13-18/h3-8,13,20H,9-12,14H2,1-2H3,(H2,23,24,27)/t20-/m1/s1. The van der Waals surface area contributed by atoms with Gasteiger partial charge in [-0.1, -0.05) is 47.5 Å². The van der Waals surface area contributed by atoms with Crippen molar-refractivity contribution in [3.8, 4) is 0 Å². The maximum absolute atomic E-state index is 6.22. The Kier molecular flexibility index (Phi) is 7.07. The van der Waals surface area contributed by atoms with Crippen molar-refractivity contribution < 1.29 is 4.74 Å². The summed E-state index contributed by atoms with van der Waals surface area (Å²) in [7, 11) is 0. The summed E-state index contributed by atoms with van der Waals surface area (Å²) in [5, 5.41) is 8.05. The molecule has 0 amide bonds. The first-order valence-corrected chi connectivity index (χ1v) is 10.0. The van der Waals surface area contributed by atoms with Crippen LogP contribution in [0.25, 0.3) is 0 Å². The van der Waals surface area contributed by atoms with Gasteiger partial charge in [-0.25, -0.2) is 0 Å². The van der Waals surface area contributed by atoms with Crippen LogP contribution >= 0.6 is 23.8 Å². The van der Waals surface area contributed by atoms with Gasteiger partial charge in [0.05, 0.1) is 19.3 Å². The number of ether oxygens (including phenoxy) is 1. The van der Waals surface area contributed by atoms with Crippen LogP contribution in [-0.2, 0) is 4.74 Å². The van der Waals surface area contributed by atoms with E-state index in [9.17, 15) is 0 Å². The van der Waals surface area contributed by atoms with Crippen molar-refractivity contribution in [2.45, 2.75) is 19.9 Å². The summed E-state index contributed by atoms with van der Waals surface area (Å²) < 4.78 is 5.47. The van der Waals surface area contributed by atoms with Crippen molar-refractivity contribution in [2.75, 3.05) is 38.2 Å². The van der Waals surface area contributed by atoms with Crippen LogP contribution in [0.1, 0.15) is 22.7 Å². The Bertz CT molecular complexity index is 775. The Morgan fingerprint density at radius 3 is 2.52 bits per heavy atom. The predicted molar refractivity (Wildman–Crippen MR) is 117 cm³/mol. The van der Waals surface area contributed by atoms with Gasteiger partial charge in [-0.2, -0.15) is 0 Å². The summed E-state index contributed by atoms with van der Waals surface area (Å²) in [6.07, 6.45) is 0. The molecule has 0 bridgehead atoms. The number of morpholine rings is 1. The number of nitrogens with one attached hydrogen (secondary N) is 2. The molecule has 1 saturated heterocycles. The molecule has 1 fully saturated rings. The number of thiocarbonyl (C=S) groups is 1. The lowest BCUT2D eigenvalue weighted by Gasteiger charge is -2.31. The molecule has 6 heteroatoms. The van der Waals surface area contributed by atoms with Crippen molar-refractivity contribution in [1.29, 1.82) is 0 Å². The van der Waals surface area contributed by atoms with Crippen molar-refractivity contribution >= 4 is 34.6 Å². The molecule has 3 rings (SSSR count). The molecule has 0 saturated carbocycles. The van der Waals surface area contributed by atoms with E-state index in [-0.39, 0.29) is 6.04 Å². The van der Waals surface area contributed by atoms with Crippen LogP contribution in [-0.4, -0.2) is 42.9 Å². The molecule has 2 N–H and O–H groups in total. The summed E-state index contributed by atoms with van der Waals surface area (Å²) in [5.41, 5.74) is 4.40. The Labute approximate surface area is 171 Å². The van der Waals surface area contributed by atoms with Crippen molar-refractivity contribution in [1.82, 2.24) is 10.2 Å². The Morgan fingerprint density at radius 1 is 1.15 bits per heavy atom. The molecule has 2 aromatic carbocycles. The van der Waals surface area contributed by atoms with E-state index in [1.807, 2.05) is 25.1 Å². The molecule has 1 aliphatic heterocycles. The minimum Gasteiger partial charge on any atom is -0.379 e. The fourth-order valence-corrected chi connectivity index (χ4v) is 3.51. The summed E-state index contributed by atoms with van der Waals surface area (Å²) in [5.74, 6) is 0. The number of rotatable bonds is 5. The monoisotopic (exact) mass is 403 g/mol. The van der Waals surface area contributed by atoms with Crippen LogP contribution in [0, 0.1) is 13.8 Å². The van der Waals surface area contributed by atoms with Crippen LogP contribution < -0.4 is 10.6 Å². The molecular weight excluding hydrogens is 378 g/mol. The van der Waals surface area contributed by atoms with Crippen molar-refractivity contribution in [3.63, 3.8) is 0 Å². The highest BCUT2D eigenvalue weighted by Gasteiger charge is 2.19. The van der Waals surface area contributed by atoms with E-state index in [0.29, 0.717) is 5.11 Å². The second-order valence-electron chi connectivity index (χ2n) is 6.94. The smallest absolute Gasteiger partial charge is 0.171 e. The van der Waals surface area contributed by atoms with E-state index in [1.54, 1.807) is 0 Å². The van der Waals surface area contributed by atoms with Gasteiger partial charge in [0, 0.05) is 30.3 Å². The fraction of sp³-hybridized carbons (Fsp3) is 0.381. The fourth-order valence-electron chi connectivity index (χ4n) is 3.07. The van der Waals surface area contributed by atoms with E-state index >= 15 is 0 Å². The van der Waals surface area contributed by atoms with Gasteiger partial charge >= 0.3 is 0 Å². The lowest BCUT2D eigenvalue weighted by Crippen LogP contribution is -2.44. The molecule has 0 spiro atoms. The highest BCUT2D eigenvalue weighted by molar-refractivity contribution is 7.80. The van der Waals surface area contributed by atoms with Gasteiger partial charge in [0.15, 0.2) is 5.11 Å². The normalized spacial score (nSPS) is 16.0. The average Bonchev–Trinajstić information content (AvgIpc) is 2.66. The SMILES string of the molecule is Cc1ccc([C@@H](CN2CCOCC2)NC(=S)Nc2ccc(C)c(Cl)c2)cc1. The van der Waals surface area contributed by atoms with Gasteiger partial charge < -0.3 is 15.4 Å². The second kappa shape index (κ2) is 9.51. The van der Waals surface area contributed by atoms with E-state index in [4.69, 9.17) is 28.6 Å². The predicted octanol–water partition coefficient (Wildman–Crippen LogP) is 4.32. The molecule has 27 heavy (non-hydrogen) atoms. The van der Waals surface area contributed by atoms with Gasteiger partial charge in [-0.05, 0) is 49.3 Å². The first-order chi connectivity index (χ1) is 13.0. The third-order valence-electron chi connectivity index (χ3n) is 4.76. The number of halogens is 1. The number of hydrogen-bond acceptors (Lipinski definition) is 3. The van der Waals surface area contributed by atoms with Crippen LogP contribution in [0.4, 0.5) is 5.69 Å². The lowest BCUT2D eigenvalue weighted by atomic mass is 10.0. The van der Waals surface area contributed by atoms with Gasteiger partial charge in [-0.3, -0.25) is 4.90 Å². The Hall–Kier alpha value is -1.66. The van der Waals surface area contributed by atoms with E-state index in [2.05, 4.69) is 46.7 Å². The molecule has 0 radical (unpaired) electrons. The number of aryl methyl sites for hydroxylation is 2. The molecule has 0 aliphatic carbocycles. The first-order valence-electron chi connectivity index (χ1n) is 9.21. The number of anilines is 1. The minimum absolute atomic E-state index is 0.102. The Morgan fingerprint density at radius 2 is 1.85 bits per heavy atom. The van der Waals surface area contributed by atoms with Gasteiger partial charge in [-0.15, -0.1) is 0 Å². The molecule has 4 nitrogen and oxygen atoms in total. The topological polar surface area (TPSA) is 36.5 Å². The minimum atomic E-state index is 0.102. The highest BCUT2D eigenvalue weighted by atomic mass is 35.5. The first kappa shape index (κ1) is 20.1. The van der Waals surface area contributed by atoms with E-state index in [0.717, 1.165) is 49.1 Å². The number of nitrogens with zero attached hydrogens (tertiary/aromatic N) is 1. The van der Waals surface area contributed by atoms with Crippen LogP contribution in [0.2, 0.25) is 5.02 Å². The number of benzene rings is 2. The average molecular weight is 404 g/mol. The van der Waals surface area contributed by atoms with Gasteiger partial charge in [0.2, 0.25) is 0 Å². The highest BCUT2D eigenvalue weighted by Crippen LogP contribution is 2.21. The molecule has 0 aromatic heterocycles. The third-order valence-corrected chi connectivity index (χ3v) is 5.39. The molecule has 0 unspecified atom stereocenters.